The minimum Gasteiger partial charge on any atom is -0.350 e. The van der Waals surface area contributed by atoms with E-state index < -0.39 is 0 Å². The first-order valence-corrected chi connectivity index (χ1v) is 8.33. The van der Waals surface area contributed by atoms with Gasteiger partial charge < -0.3 is 15.0 Å². The molecule has 7 nitrogen and oxygen atoms in total. The molecule has 1 atom stereocenters. The average molecular weight is 333 g/mol. The van der Waals surface area contributed by atoms with Crippen molar-refractivity contribution in [2.75, 3.05) is 20.2 Å². The average Bonchev–Trinajstić information content (AvgIpc) is 2.65. The summed E-state index contributed by atoms with van der Waals surface area (Å²) in [6.45, 7) is 1.87. The van der Waals surface area contributed by atoms with Crippen LogP contribution in [-0.2, 0) is 22.5 Å². The number of ether oxygens (including phenoxy) is 1. The molecule has 24 heavy (non-hydrogen) atoms. The Kier molecular flexibility index (Phi) is 5.32. The van der Waals surface area contributed by atoms with Gasteiger partial charge in [-0.15, -0.1) is 0 Å². The Morgan fingerprint density at radius 1 is 1.29 bits per heavy atom. The number of fused-ring (bicyclic) bond motifs is 1. The Balaban J connectivity index is 1.59. The van der Waals surface area contributed by atoms with Crippen molar-refractivity contribution in [3.8, 4) is 0 Å². The van der Waals surface area contributed by atoms with E-state index in [1.165, 1.54) is 0 Å². The maximum absolute atomic E-state index is 12.2. The molecule has 0 bridgehead atoms. The van der Waals surface area contributed by atoms with E-state index in [2.05, 4.69) is 10.8 Å². The Labute approximate surface area is 141 Å². The Morgan fingerprint density at radius 2 is 2.17 bits per heavy atom. The van der Waals surface area contributed by atoms with E-state index in [4.69, 9.17) is 9.57 Å². The molecular weight excluding hydrogens is 310 g/mol. The van der Waals surface area contributed by atoms with Gasteiger partial charge in [-0.1, -0.05) is 6.07 Å². The van der Waals surface area contributed by atoms with Gasteiger partial charge in [0, 0.05) is 38.7 Å². The highest BCUT2D eigenvalue weighted by atomic mass is 16.8. The predicted molar refractivity (Wildman–Crippen MR) is 87.2 cm³/mol. The Bertz CT molecular complexity index is 614. The summed E-state index contributed by atoms with van der Waals surface area (Å²) < 4.78 is 5.42. The van der Waals surface area contributed by atoms with Crippen molar-refractivity contribution in [3.63, 3.8) is 0 Å². The van der Waals surface area contributed by atoms with E-state index in [0.29, 0.717) is 25.3 Å². The predicted octanol–water partition coefficient (Wildman–Crippen LogP) is 1.57. The molecule has 1 aromatic carbocycles. The Morgan fingerprint density at radius 3 is 2.92 bits per heavy atom. The van der Waals surface area contributed by atoms with Crippen LogP contribution in [0.15, 0.2) is 18.2 Å². The third kappa shape index (κ3) is 3.85. The van der Waals surface area contributed by atoms with E-state index in [-0.39, 0.29) is 18.2 Å². The molecule has 2 aliphatic heterocycles. The molecule has 0 radical (unpaired) electrons. The van der Waals surface area contributed by atoms with Gasteiger partial charge in [-0.2, -0.15) is 0 Å². The summed E-state index contributed by atoms with van der Waals surface area (Å²) in [5.74, 6) is -0.277. The van der Waals surface area contributed by atoms with Gasteiger partial charge in [0.15, 0.2) is 6.29 Å². The maximum Gasteiger partial charge on any atom is 0.317 e. The van der Waals surface area contributed by atoms with Gasteiger partial charge in [0.05, 0.1) is 0 Å². The molecule has 2 heterocycles. The lowest BCUT2D eigenvalue weighted by Crippen LogP contribution is -2.41. The molecule has 1 unspecified atom stereocenters. The van der Waals surface area contributed by atoms with E-state index in [1.807, 2.05) is 12.1 Å². The number of rotatable bonds is 3. The van der Waals surface area contributed by atoms with Crippen LogP contribution in [0.3, 0.4) is 0 Å². The van der Waals surface area contributed by atoms with Crippen LogP contribution in [-0.4, -0.2) is 43.3 Å². The number of urea groups is 1. The van der Waals surface area contributed by atoms with Crippen LogP contribution in [0.2, 0.25) is 0 Å². The van der Waals surface area contributed by atoms with Gasteiger partial charge in [0.25, 0.3) is 5.91 Å². The molecule has 2 aliphatic rings. The smallest absolute Gasteiger partial charge is 0.317 e. The van der Waals surface area contributed by atoms with Crippen LogP contribution in [0.1, 0.15) is 40.7 Å². The molecule has 3 rings (SSSR count). The quantitative estimate of drug-likeness (QED) is 0.823. The van der Waals surface area contributed by atoms with Crippen LogP contribution in [0.4, 0.5) is 4.79 Å². The minimum absolute atomic E-state index is 0.0802. The summed E-state index contributed by atoms with van der Waals surface area (Å²) in [6.07, 6.45) is 3.24. The third-order valence-electron chi connectivity index (χ3n) is 4.40. The van der Waals surface area contributed by atoms with Crippen molar-refractivity contribution in [3.05, 3.63) is 34.9 Å². The van der Waals surface area contributed by atoms with Crippen molar-refractivity contribution in [1.82, 2.24) is 15.7 Å². The highest BCUT2D eigenvalue weighted by Gasteiger charge is 2.21. The van der Waals surface area contributed by atoms with Crippen molar-refractivity contribution >= 4 is 11.9 Å². The zero-order chi connectivity index (χ0) is 16.9. The number of carbonyl (C=O) groups is 2. The fourth-order valence-electron chi connectivity index (χ4n) is 3.01. The van der Waals surface area contributed by atoms with Gasteiger partial charge in [-0.3, -0.25) is 4.79 Å². The second-order valence-electron chi connectivity index (χ2n) is 6.06. The molecule has 0 aliphatic carbocycles. The zero-order valence-electron chi connectivity index (χ0n) is 13.8. The number of carbonyl (C=O) groups excluding carboxylic acids is 2. The largest absolute Gasteiger partial charge is 0.350 e. The first kappa shape index (κ1) is 16.7. The van der Waals surface area contributed by atoms with Crippen LogP contribution < -0.4 is 10.8 Å². The highest BCUT2D eigenvalue weighted by molar-refractivity contribution is 5.93. The molecule has 2 N–H and O–H groups in total. The van der Waals surface area contributed by atoms with Crippen LogP contribution in [0.5, 0.6) is 0 Å². The van der Waals surface area contributed by atoms with Crippen molar-refractivity contribution in [2.24, 2.45) is 0 Å². The van der Waals surface area contributed by atoms with Gasteiger partial charge in [0.2, 0.25) is 0 Å². The monoisotopic (exact) mass is 333 g/mol. The van der Waals surface area contributed by atoms with Gasteiger partial charge in [0.1, 0.15) is 0 Å². The van der Waals surface area contributed by atoms with Crippen molar-refractivity contribution < 1.29 is 19.2 Å². The van der Waals surface area contributed by atoms with E-state index >= 15 is 0 Å². The zero-order valence-corrected chi connectivity index (χ0v) is 13.8. The minimum atomic E-state index is -0.360. The van der Waals surface area contributed by atoms with Gasteiger partial charge in [-0.25, -0.2) is 15.1 Å². The first-order valence-electron chi connectivity index (χ1n) is 8.33. The standard InChI is InChI=1S/C17H23N3O4/c1-18-17(22)20-8-7-12-10-13(5-6-14(12)11-20)16(21)19-24-15-4-2-3-9-23-15/h5-6,10,15H,2-4,7-9,11H2,1H3,(H,18,22)(H,19,21). The lowest BCUT2D eigenvalue weighted by Gasteiger charge is -2.28. The van der Waals surface area contributed by atoms with Crippen LogP contribution in [0, 0.1) is 0 Å². The highest BCUT2D eigenvalue weighted by Crippen LogP contribution is 2.21. The molecular formula is C17H23N3O4. The molecule has 0 spiro atoms. The third-order valence-corrected chi connectivity index (χ3v) is 4.40. The van der Waals surface area contributed by atoms with E-state index in [0.717, 1.165) is 36.8 Å². The van der Waals surface area contributed by atoms with Gasteiger partial charge >= 0.3 is 6.03 Å². The fraction of sp³-hybridized carbons (Fsp3) is 0.529. The lowest BCUT2D eigenvalue weighted by atomic mass is 9.97. The summed E-state index contributed by atoms with van der Waals surface area (Å²) in [6, 6.07) is 5.45. The number of benzene rings is 1. The second-order valence-corrected chi connectivity index (χ2v) is 6.06. The van der Waals surface area contributed by atoms with Crippen molar-refractivity contribution in [2.45, 2.75) is 38.5 Å². The second kappa shape index (κ2) is 7.63. The lowest BCUT2D eigenvalue weighted by molar-refractivity contribution is -0.186. The molecule has 1 aromatic rings. The molecule has 0 saturated carbocycles. The van der Waals surface area contributed by atoms with Gasteiger partial charge in [-0.05, 0) is 42.5 Å². The number of hydrogen-bond acceptors (Lipinski definition) is 4. The molecule has 1 fully saturated rings. The maximum atomic E-state index is 12.2. The summed E-state index contributed by atoms with van der Waals surface area (Å²) in [7, 11) is 1.63. The molecule has 1 saturated heterocycles. The number of amides is 3. The fourth-order valence-corrected chi connectivity index (χ4v) is 3.01. The molecule has 0 aromatic heterocycles. The van der Waals surface area contributed by atoms with E-state index in [1.54, 1.807) is 18.0 Å². The molecule has 3 amide bonds. The summed E-state index contributed by atoms with van der Waals surface area (Å²) >= 11 is 0. The number of nitrogens with one attached hydrogen (secondary N) is 2. The number of nitrogens with zero attached hydrogens (tertiary/aromatic N) is 1. The summed E-state index contributed by atoms with van der Waals surface area (Å²) in [5, 5.41) is 2.64. The normalized spacial score (nSPS) is 20.2. The topological polar surface area (TPSA) is 79.9 Å². The molecule has 7 heteroatoms. The summed E-state index contributed by atoms with van der Waals surface area (Å²) in [5.41, 5.74) is 5.19. The van der Waals surface area contributed by atoms with Crippen molar-refractivity contribution in [1.29, 1.82) is 0 Å². The SMILES string of the molecule is CNC(=O)N1CCc2cc(C(=O)NOC3CCCCO3)ccc2C1. The first-order chi connectivity index (χ1) is 11.7. The van der Waals surface area contributed by atoms with Crippen LogP contribution >= 0.6 is 0 Å². The van der Waals surface area contributed by atoms with E-state index in [9.17, 15) is 9.59 Å². The molecule has 130 valence electrons. The van der Waals surface area contributed by atoms with Crippen LogP contribution in [0.25, 0.3) is 0 Å². The summed E-state index contributed by atoms with van der Waals surface area (Å²) in [4.78, 5) is 31.0. The number of hydrogen-bond donors (Lipinski definition) is 2. The Hall–Kier alpha value is -2.12. The number of hydroxylamine groups is 1.